The fraction of sp³-hybridized carbons (Fsp3) is 0.412. The summed E-state index contributed by atoms with van der Waals surface area (Å²) in [5.41, 5.74) is 1.23. The minimum absolute atomic E-state index is 0.121. The Morgan fingerprint density at radius 3 is 2.42 bits per heavy atom. The van der Waals surface area contributed by atoms with Crippen LogP contribution in [0.25, 0.3) is 10.8 Å². The van der Waals surface area contributed by atoms with E-state index in [2.05, 4.69) is 61.6 Å². The van der Waals surface area contributed by atoms with Crippen molar-refractivity contribution in [1.82, 2.24) is 5.32 Å². The lowest BCUT2D eigenvalue weighted by atomic mass is 9.84. The molecule has 2 aromatic carbocycles. The molecule has 102 valence electrons. The van der Waals surface area contributed by atoms with Gasteiger partial charge in [-0.05, 0) is 29.3 Å². The molecule has 0 saturated heterocycles. The molecule has 2 nitrogen and oxygen atoms in total. The summed E-state index contributed by atoms with van der Waals surface area (Å²) in [4.78, 5) is 0. The molecule has 2 heteroatoms. The summed E-state index contributed by atoms with van der Waals surface area (Å²) >= 11 is 0. The molecule has 0 amide bonds. The van der Waals surface area contributed by atoms with Crippen LogP contribution in [0, 0.1) is 5.92 Å². The van der Waals surface area contributed by atoms with E-state index in [9.17, 15) is 5.11 Å². The van der Waals surface area contributed by atoms with Crippen LogP contribution in [0.15, 0.2) is 42.5 Å². The standard InChI is InChI=1S/C17H23NO/c1-12(2)17(19)16(11-18-3)15-10-6-8-13-7-4-5-9-14(13)15/h4-10,12,16-19H,11H2,1-3H3/t16-,17+/m1/s1. The van der Waals surface area contributed by atoms with Crippen LogP contribution in [0.1, 0.15) is 25.3 Å². The zero-order chi connectivity index (χ0) is 13.8. The van der Waals surface area contributed by atoms with E-state index in [0.29, 0.717) is 0 Å². The summed E-state index contributed by atoms with van der Waals surface area (Å²) in [6.45, 7) is 4.92. The predicted molar refractivity (Wildman–Crippen MR) is 81.5 cm³/mol. The zero-order valence-corrected chi connectivity index (χ0v) is 11.9. The van der Waals surface area contributed by atoms with Gasteiger partial charge in [0.1, 0.15) is 0 Å². The Bertz CT molecular complexity index is 530. The highest BCUT2D eigenvalue weighted by atomic mass is 16.3. The third-order valence-corrected chi connectivity index (χ3v) is 3.74. The number of nitrogens with one attached hydrogen (secondary N) is 1. The Labute approximate surface area is 115 Å². The number of likely N-dealkylation sites (N-methyl/N-ethyl adjacent to an activating group) is 1. The summed E-state index contributed by atoms with van der Waals surface area (Å²) in [7, 11) is 1.94. The maximum absolute atomic E-state index is 10.5. The van der Waals surface area contributed by atoms with Gasteiger partial charge in [0.05, 0.1) is 6.10 Å². The van der Waals surface area contributed by atoms with E-state index in [-0.39, 0.29) is 17.9 Å². The minimum Gasteiger partial charge on any atom is -0.392 e. The van der Waals surface area contributed by atoms with Gasteiger partial charge in [0.2, 0.25) is 0 Å². The number of hydrogen-bond donors (Lipinski definition) is 2. The van der Waals surface area contributed by atoms with Crippen LogP contribution in [0.2, 0.25) is 0 Å². The van der Waals surface area contributed by atoms with Crippen molar-refractivity contribution in [2.45, 2.75) is 25.9 Å². The zero-order valence-electron chi connectivity index (χ0n) is 11.9. The fourth-order valence-electron chi connectivity index (χ4n) is 2.67. The smallest absolute Gasteiger partial charge is 0.0644 e. The van der Waals surface area contributed by atoms with Gasteiger partial charge in [-0.25, -0.2) is 0 Å². The Balaban J connectivity index is 2.49. The number of benzene rings is 2. The fourth-order valence-corrected chi connectivity index (χ4v) is 2.67. The lowest BCUT2D eigenvalue weighted by Crippen LogP contribution is -2.31. The SMILES string of the molecule is CNC[C@H](c1cccc2ccccc12)[C@@H](O)C(C)C. The summed E-state index contributed by atoms with van der Waals surface area (Å²) < 4.78 is 0. The minimum atomic E-state index is -0.335. The van der Waals surface area contributed by atoms with E-state index in [1.165, 1.54) is 16.3 Å². The Morgan fingerprint density at radius 1 is 1.05 bits per heavy atom. The van der Waals surface area contributed by atoms with Crippen molar-refractivity contribution >= 4 is 10.8 Å². The van der Waals surface area contributed by atoms with Gasteiger partial charge in [-0.3, -0.25) is 0 Å². The first-order valence-electron chi connectivity index (χ1n) is 6.95. The second kappa shape index (κ2) is 6.18. The first kappa shape index (κ1) is 14.0. The molecular weight excluding hydrogens is 234 g/mol. The van der Waals surface area contributed by atoms with Gasteiger partial charge in [0, 0.05) is 12.5 Å². The van der Waals surface area contributed by atoms with Gasteiger partial charge in [-0.1, -0.05) is 56.3 Å². The second-order valence-corrected chi connectivity index (χ2v) is 5.47. The van der Waals surface area contributed by atoms with E-state index >= 15 is 0 Å². The number of aliphatic hydroxyl groups is 1. The van der Waals surface area contributed by atoms with Gasteiger partial charge < -0.3 is 10.4 Å². The van der Waals surface area contributed by atoms with Crippen molar-refractivity contribution in [1.29, 1.82) is 0 Å². The van der Waals surface area contributed by atoms with Crippen LogP contribution >= 0.6 is 0 Å². The molecule has 0 bridgehead atoms. The lowest BCUT2D eigenvalue weighted by molar-refractivity contribution is 0.0965. The highest BCUT2D eigenvalue weighted by Gasteiger charge is 2.24. The van der Waals surface area contributed by atoms with Gasteiger partial charge in [0.25, 0.3) is 0 Å². The number of hydrogen-bond acceptors (Lipinski definition) is 2. The molecule has 0 aliphatic heterocycles. The molecule has 0 saturated carbocycles. The van der Waals surface area contributed by atoms with Crippen LogP contribution < -0.4 is 5.32 Å². The van der Waals surface area contributed by atoms with Crippen molar-refractivity contribution in [3.05, 3.63) is 48.0 Å². The third-order valence-electron chi connectivity index (χ3n) is 3.74. The molecule has 19 heavy (non-hydrogen) atoms. The maximum atomic E-state index is 10.5. The first-order valence-corrected chi connectivity index (χ1v) is 6.95. The molecule has 0 aliphatic rings. The summed E-state index contributed by atoms with van der Waals surface area (Å²) in [6.07, 6.45) is -0.335. The van der Waals surface area contributed by atoms with E-state index in [1.54, 1.807) is 0 Å². The number of aliphatic hydroxyl groups excluding tert-OH is 1. The highest BCUT2D eigenvalue weighted by molar-refractivity contribution is 5.86. The monoisotopic (exact) mass is 257 g/mol. The van der Waals surface area contributed by atoms with E-state index in [1.807, 2.05) is 7.05 Å². The van der Waals surface area contributed by atoms with Crippen LogP contribution in [-0.2, 0) is 0 Å². The lowest BCUT2D eigenvalue weighted by Gasteiger charge is -2.27. The maximum Gasteiger partial charge on any atom is 0.0644 e. The molecule has 2 rings (SSSR count). The van der Waals surface area contributed by atoms with Crippen molar-refractivity contribution in [2.75, 3.05) is 13.6 Å². The highest BCUT2D eigenvalue weighted by Crippen LogP contribution is 2.30. The van der Waals surface area contributed by atoms with E-state index in [4.69, 9.17) is 0 Å². The average Bonchev–Trinajstić information content (AvgIpc) is 2.43. The molecule has 2 atom stereocenters. The summed E-state index contributed by atoms with van der Waals surface area (Å²) in [6, 6.07) is 14.7. The van der Waals surface area contributed by atoms with Crippen LogP contribution in [-0.4, -0.2) is 24.8 Å². The van der Waals surface area contributed by atoms with E-state index < -0.39 is 0 Å². The first-order chi connectivity index (χ1) is 9.15. The molecule has 2 N–H and O–H groups in total. The Hall–Kier alpha value is -1.38. The summed E-state index contributed by atoms with van der Waals surface area (Å²) in [5.74, 6) is 0.369. The molecule has 0 spiro atoms. The Morgan fingerprint density at radius 2 is 1.74 bits per heavy atom. The van der Waals surface area contributed by atoms with Gasteiger partial charge in [0.15, 0.2) is 0 Å². The number of rotatable bonds is 5. The predicted octanol–water partition coefficient (Wildman–Crippen LogP) is 3.16. The van der Waals surface area contributed by atoms with Crippen molar-refractivity contribution in [2.24, 2.45) is 5.92 Å². The molecule has 0 unspecified atom stereocenters. The molecule has 0 heterocycles. The third kappa shape index (κ3) is 2.96. The van der Waals surface area contributed by atoms with E-state index in [0.717, 1.165) is 6.54 Å². The second-order valence-electron chi connectivity index (χ2n) is 5.47. The van der Waals surface area contributed by atoms with Crippen molar-refractivity contribution in [3.63, 3.8) is 0 Å². The van der Waals surface area contributed by atoms with Crippen LogP contribution in [0.4, 0.5) is 0 Å². The van der Waals surface area contributed by atoms with Crippen LogP contribution in [0.3, 0.4) is 0 Å². The summed E-state index contributed by atoms with van der Waals surface area (Å²) in [5, 5.41) is 16.2. The Kier molecular flexibility index (Phi) is 4.56. The topological polar surface area (TPSA) is 32.3 Å². The van der Waals surface area contributed by atoms with Gasteiger partial charge >= 0.3 is 0 Å². The molecule has 0 aliphatic carbocycles. The number of fused-ring (bicyclic) bond motifs is 1. The molecule has 0 aromatic heterocycles. The molecule has 0 fully saturated rings. The van der Waals surface area contributed by atoms with Crippen molar-refractivity contribution < 1.29 is 5.11 Å². The largest absolute Gasteiger partial charge is 0.392 e. The van der Waals surface area contributed by atoms with Crippen LogP contribution in [0.5, 0.6) is 0 Å². The van der Waals surface area contributed by atoms with Gasteiger partial charge in [-0.2, -0.15) is 0 Å². The normalized spacial score (nSPS) is 14.8. The molecular formula is C17H23NO. The molecule has 2 aromatic rings. The average molecular weight is 257 g/mol. The van der Waals surface area contributed by atoms with Crippen molar-refractivity contribution in [3.8, 4) is 0 Å². The quantitative estimate of drug-likeness (QED) is 0.862. The molecule has 0 radical (unpaired) electrons. The van der Waals surface area contributed by atoms with Gasteiger partial charge in [-0.15, -0.1) is 0 Å².